The molecular formula is C13H21NO2. The largest absolute Gasteiger partial charge is 0.497 e. The Kier molecular flexibility index (Phi) is 4.62. The van der Waals surface area contributed by atoms with Gasteiger partial charge in [0.15, 0.2) is 0 Å². The molecule has 0 aliphatic rings. The first-order chi connectivity index (χ1) is 7.54. The highest BCUT2D eigenvalue weighted by atomic mass is 16.5. The first-order valence-corrected chi connectivity index (χ1v) is 5.58. The van der Waals surface area contributed by atoms with Gasteiger partial charge in [0.25, 0.3) is 0 Å². The third kappa shape index (κ3) is 3.42. The van der Waals surface area contributed by atoms with Gasteiger partial charge in [-0.3, -0.25) is 0 Å². The molecule has 0 aromatic heterocycles. The molecule has 90 valence electrons. The summed E-state index contributed by atoms with van der Waals surface area (Å²) in [6, 6.07) is 5.62. The van der Waals surface area contributed by atoms with E-state index >= 15 is 0 Å². The van der Waals surface area contributed by atoms with E-state index in [9.17, 15) is 0 Å². The Morgan fingerprint density at radius 1 is 1.25 bits per heavy atom. The van der Waals surface area contributed by atoms with E-state index < -0.39 is 0 Å². The Morgan fingerprint density at radius 2 is 1.94 bits per heavy atom. The van der Waals surface area contributed by atoms with Crippen LogP contribution in [0.2, 0.25) is 0 Å². The molecule has 0 saturated heterocycles. The normalized spacial score (nSPS) is 12.8. The second-order valence-electron chi connectivity index (χ2n) is 4.32. The number of anilines is 1. The lowest BCUT2D eigenvalue weighted by molar-refractivity contribution is 0.0237. The van der Waals surface area contributed by atoms with Crippen LogP contribution in [0.15, 0.2) is 18.2 Å². The lowest BCUT2D eigenvalue weighted by Gasteiger charge is -2.17. The van der Waals surface area contributed by atoms with Gasteiger partial charge in [-0.2, -0.15) is 0 Å². The van der Waals surface area contributed by atoms with Gasteiger partial charge in [0, 0.05) is 11.3 Å². The highest BCUT2D eigenvalue weighted by Gasteiger charge is 2.09. The molecule has 2 N–H and O–H groups in total. The van der Waals surface area contributed by atoms with E-state index in [1.165, 1.54) is 0 Å². The van der Waals surface area contributed by atoms with Crippen LogP contribution in [0.4, 0.5) is 5.69 Å². The van der Waals surface area contributed by atoms with Crippen LogP contribution in [-0.2, 0) is 11.3 Å². The van der Waals surface area contributed by atoms with Crippen molar-refractivity contribution in [3.8, 4) is 5.75 Å². The smallest absolute Gasteiger partial charge is 0.119 e. The Labute approximate surface area is 97.6 Å². The third-order valence-electron chi connectivity index (χ3n) is 2.79. The van der Waals surface area contributed by atoms with Gasteiger partial charge in [0.1, 0.15) is 5.75 Å². The molecule has 1 atom stereocenters. The first-order valence-electron chi connectivity index (χ1n) is 5.58. The van der Waals surface area contributed by atoms with E-state index in [2.05, 4.69) is 20.8 Å². The van der Waals surface area contributed by atoms with E-state index in [0.717, 1.165) is 17.0 Å². The van der Waals surface area contributed by atoms with Crippen LogP contribution >= 0.6 is 0 Å². The summed E-state index contributed by atoms with van der Waals surface area (Å²) in [5.41, 5.74) is 7.60. The summed E-state index contributed by atoms with van der Waals surface area (Å²) in [6.45, 7) is 6.88. The molecule has 0 heterocycles. The average molecular weight is 223 g/mol. The highest BCUT2D eigenvalue weighted by Crippen LogP contribution is 2.21. The molecule has 3 nitrogen and oxygen atoms in total. The van der Waals surface area contributed by atoms with Crippen LogP contribution in [0, 0.1) is 5.92 Å². The van der Waals surface area contributed by atoms with Crippen LogP contribution in [0.3, 0.4) is 0 Å². The highest BCUT2D eigenvalue weighted by molar-refractivity contribution is 5.50. The predicted octanol–water partition coefficient (Wildman–Crippen LogP) is 2.84. The van der Waals surface area contributed by atoms with E-state index in [4.69, 9.17) is 15.2 Å². The molecular weight excluding hydrogens is 202 g/mol. The van der Waals surface area contributed by atoms with Gasteiger partial charge in [-0.1, -0.05) is 13.8 Å². The van der Waals surface area contributed by atoms with Crippen molar-refractivity contribution in [2.75, 3.05) is 12.8 Å². The molecule has 0 saturated carbocycles. The molecule has 1 aromatic carbocycles. The number of ether oxygens (including phenoxy) is 2. The Bertz CT molecular complexity index is 337. The van der Waals surface area contributed by atoms with Gasteiger partial charge in [-0.05, 0) is 31.0 Å². The lowest BCUT2D eigenvalue weighted by Crippen LogP contribution is -2.15. The molecule has 0 fully saturated rings. The number of hydrogen-bond acceptors (Lipinski definition) is 3. The van der Waals surface area contributed by atoms with Crippen LogP contribution < -0.4 is 10.5 Å². The van der Waals surface area contributed by atoms with Crippen LogP contribution in [-0.4, -0.2) is 13.2 Å². The van der Waals surface area contributed by atoms with E-state index in [-0.39, 0.29) is 6.10 Å². The van der Waals surface area contributed by atoms with Gasteiger partial charge in [-0.25, -0.2) is 0 Å². The molecule has 0 spiro atoms. The van der Waals surface area contributed by atoms with Crippen molar-refractivity contribution in [1.29, 1.82) is 0 Å². The van der Waals surface area contributed by atoms with Crippen molar-refractivity contribution >= 4 is 5.69 Å². The maximum absolute atomic E-state index is 5.87. The van der Waals surface area contributed by atoms with Crippen LogP contribution in [0.5, 0.6) is 5.75 Å². The lowest BCUT2D eigenvalue weighted by atomic mass is 10.1. The molecule has 1 aromatic rings. The summed E-state index contributed by atoms with van der Waals surface area (Å²) in [5.74, 6) is 1.32. The topological polar surface area (TPSA) is 44.5 Å². The molecule has 0 unspecified atom stereocenters. The summed E-state index contributed by atoms with van der Waals surface area (Å²) in [5, 5.41) is 0. The van der Waals surface area contributed by atoms with Crippen molar-refractivity contribution in [3.05, 3.63) is 23.8 Å². The van der Waals surface area contributed by atoms with Crippen molar-refractivity contribution in [2.45, 2.75) is 33.5 Å². The zero-order valence-corrected chi connectivity index (χ0v) is 10.5. The van der Waals surface area contributed by atoms with Crippen molar-refractivity contribution < 1.29 is 9.47 Å². The molecule has 0 aliphatic heterocycles. The molecule has 0 bridgehead atoms. The fraction of sp³-hybridized carbons (Fsp3) is 0.538. The molecule has 0 aliphatic carbocycles. The second kappa shape index (κ2) is 5.75. The fourth-order valence-corrected chi connectivity index (χ4v) is 1.25. The molecule has 0 radical (unpaired) electrons. The van der Waals surface area contributed by atoms with Crippen molar-refractivity contribution in [3.63, 3.8) is 0 Å². The Hall–Kier alpha value is -1.22. The summed E-state index contributed by atoms with van der Waals surface area (Å²) >= 11 is 0. The minimum atomic E-state index is 0.227. The first kappa shape index (κ1) is 12.8. The zero-order valence-electron chi connectivity index (χ0n) is 10.5. The maximum atomic E-state index is 5.87. The summed E-state index contributed by atoms with van der Waals surface area (Å²) in [7, 11) is 1.65. The van der Waals surface area contributed by atoms with Crippen molar-refractivity contribution in [2.24, 2.45) is 5.92 Å². The standard InChI is InChI=1S/C13H21NO2/c1-9(2)10(3)16-8-11-7-12(15-4)5-6-13(11)14/h5-7,9-10H,8,14H2,1-4H3/t10-/m0/s1. The van der Waals surface area contributed by atoms with Crippen LogP contribution in [0.1, 0.15) is 26.3 Å². The fourth-order valence-electron chi connectivity index (χ4n) is 1.25. The quantitative estimate of drug-likeness (QED) is 0.781. The number of hydrogen-bond donors (Lipinski definition) is 1. The number of rotatable bonds is 5. The average Bonchev–Trinajstić information content (AvgIpc) is 2.27. The maximum Gasteiger partial charge on any atom is 0.119 e. The van der Waals surface area contributed by atoms with Crippen molar-refractivity contribution in [1.82, 2.24) is 0 Å². The van der Waals surface area contributed by atoms with E-state index in [1.54, 1.807) is 7.11 Å². The van der Waals surface area contributed by atoms with Crippen LogP contribution in [0.25, 0.3) is 0 Å². The Balaban J connectivity index is 2.65. The van der Waals surface area contributed by atoms with E-state index in [1.807, 2.05) is 18.2 Å². The molecule has 0 amide bonds. The van der Waals surface area contributed by atoms with Gasteiger partial charge >= 0.3 is 0 Å². The molecule has 16 heavy (non-hydrogen) atoms. The number of nitrogen functional groups attached to an aromatic ring is 1. The Morgan fingerprint density at radius 3 is 2.50 bits per heavy atom. The van der Waals surface area contributed by atoms with Gasteiger partial charge in [0.2, 0.25) is 0 Å². The third-order valence-corrected chi connectivity index (χ3v) is 2.79. The van der Waals surface area contributed by atoms with Gasteiger partial charge in [-0.15, -0.1) is 0 Å². The minimum absolute atomic E-state index is 0.227. The molecule has 1 rings (SSSR count). The second-order valence-corrected chi connectivity index (χ2v) is 4.32. The predicted molar refractivity (Wildman–Crippen MR) is 66.5 cm³/mol. The van der Waals surface area contributed by atoms with Gasteiger partial charge < -0.3 is 15.2 Å². The summed E-state index contributed by atoms with van der Waals surface area (Å²) < 4.78 is 10.9. The number of benzene rings is 1. The van der Waals surface area contributed by atoms with E-state index in [0.29, 0.717) is 12.5 Å². The summed E-state index contributed by atoms with van der Waals surface area (Å²) in [6.07, 6.45) is 0.227. The van der Waals surface area contributed by atoms with Gasteiger partial charge in [0.05, 0.1) is 19.8 Å². The molecule has 3 heteroatoms. The summed E-state index contributed by atoms with van der Waals surface area (Å²) in [4.78, 5) is 0. The SMILES string of the molecule is COc1ccc(N)c(CO[C@@H](C)C(C)C)c1. The monoisotopic (exact) mass is 223 g/mol. The number of nitrogens with two attached hydrogens (primary N) is 1. The number of methoxy groups -OCH3 is 1. The minimum Gasteiger partial charge on any atom is -0.497 e. The zero-order chi connectivity index (χ0) is 12.1.